The van der Waals surface area contributed by atoms with E-state index in [9.17, 15) is 4.79 Å². The van der Waals surface area contributed by atoms with Gasteiger partial charge in [0, 0.05) is 18.0 Å². The maximum absolute atomic E-state index is 12.8. The predicted molar refractivity (Wildman–Crippen MR) is 111 cm³/mol. The first-order chi connectivity index (χ1) is 14.1. The van der Waals surface area contributed by atoms with E-state index in [2.05, 4.69) is 20.2 Å². The summed E-state index contributed by atoms with van der Waals surface area (Å²) in [5.74, 6) is 2.53. The molecule has 0 radical (unpaired) electrons. The van der Waals surface area contributed by atoms with Gasteiger partial charge in [0.05, 0.1) is 23.2 Å². The Morgan fingerprint density at radius 2 is 1.93 bits per heavy atom. The molecule has 1 unspecified atom stereocenters. The van der Waals surface area contributed by atoms with E-state index in [1.165, 1.54) is 23.1 Å². The van der Waals surface area contributed by atoms with Crippen LogP contribution in [0.3, 0.4) is 0 Å². The summed E-state index contributed by atoms with van der Waals surface area (Å²) >= 11 is 2.89. The molecule has 8 nitrogen and oxygen atoms in total. The Balaban J connectivity index is 1.46. The molecular weight excluding hydrogens is 410 g/mol. The minimum absolute atomic E-state index is 0.131. The smallest absolute Gasteiger partial charge is 0.260 e. The number of aromatic amines is 1. The van der Waals surface area contributed by atoms with E-state index < -0.39 is 0 Å². The van der Waals surface area contributed by atoms with E-state index in [4.69, 9.17) is 8.83 Å². The molecular formula is C19H15N5O3S2. The van der Waals surface area contributed by atoms with E-state index in [0.29, 0.717) is 38.5 Å². The third-order valence-electron chi connectivity index (χ3n) is 4.49. The number of thiophene rings is 1. The second-order valence-corrected chi connectivity index (χ2v) is 8.53. The second kappa shape index (κ2) is 7.05. The van der Waals surface area contributed by atoms with Crippen LogP contribution in [-0.2, 0) is 7.05 Å². The number of fused-ring (bicyclic) bond motifs is 1. The number of thioether (sulfide) groups is 1. The van der Waals surface area contributed by atoms with Gasteiger partial charge in [-0.25, -0.2) is 4.98 Å². The van der Waals surface area contributed by atoms with Gasteiger partial charge in [-0.15, -0.1) is 21.5 Å². The first-order valence-corrected chi connectivity index (χ1v) is 10.5. The summed E-state index contributed by atoms with van der Waals surface area (Å²) in [6, 6.07) is 7.27. The van der Waals surface area contributed by atoms with Crippen LogP contribution in [0.5, 0.6) is 0 Å². The van der Waals surface area contributed by atoms with Gasteiger partial charge in [-0.05, 0) is 31.2 Å². The summed E-state index contributed by atoms with van der Waals surface area (Å²) in [5, 5.41) is 11.5. The van der Waals surface area contributed by atoms with Crippen molar-refractivity contribution in [2.24, 2.45) is 7.05 Å². The van der Waals surface area contributed by atoms with Gasteiger partial charge in [0.25, 0.3) is 5.56 Å². The molecule has 0 spiro atoms. The highest BCUT2D eigenvalue weighted by Crippen LogP contribution is 2.35. The summed E-state index contributed by atoms with van der Waals surface area (Å²) in [6.07, 6.45) is 3.19. The molecule has 146 valence electrons. The van der Waals surface area contributed by atoms with Crippen LogP contribution >= 0.6 is 23.1 Å². The molecule has 0 fully saturated rings. The zero-order valence-corrected chi connectivity index (χ0v) is 17.1. The molecule has 5 rings (SSSR count). The summed E-state index contributed by atoms with van der Waals surface area (Å²) < 4.78 is 12.7. The third kappa shape index (κ3) is 3.10. The quantitative estimate of drug-likeness (QED) is 0.414. The lowest BCUT2D eigenvalue weighted by Crippen LogP contribution is -2.12. The summed E-state index contributed by atoms with van der Waals surface area (Å²) in [4.78, 5) is 21.0. The Kier molecular flexibility index (Phi) is 4.36. The average molecular weight is 425 g/mol. The maximum atomic E-state index is 12.8. The van der Waals surface area contributed by atoms with Crippen LogP contribution < -0.4 is 5.56 Å². The van der Waals surface area contributed by atoms with Crippen molar-refractivity contribution in [2.75, 3.05) is 0 Å². The molecule has 5 heterocycles. The number of rotatable bonds is 5. The number of H-pyrrole nitrogens is 1. The molecule has 0 bridgehead atoms. The number of aromatic nitrogens is 5. The van der Waals surface area contributed by atoms with Crippen molar-refractivity contribution in [1.29, 1.82) is 0 Å². The van der Waals surface area contributed by atoms with E-state index in [1.54, 1.807) is 24.7 Å². The van der Waals surface area contributed by atoms with E-state index in [1.807, 2.05) is 36.1 Å². The Bertz CT molecular complexity index is 1330. The number of furan rings is 2. The zero-order valence-electron chi connectivity index (χ0n) is 15.4. The highest BCUT2D eigenvalue weighted by molar-refractivity contribution is 7.99. The minimum atomic E-state index is -0.181. The van der Waals surface area contributed by atoms with Crippen LogP contribution in [0, 0.1) is 0 Å². The molecule has 0 aliphatic rings. The van der Waals surface area contributed by atoms with E-state index in [-0.39, 0.29) is 10.8 Å². The number of nitrogens with one attached hydrogen (secondary N) is 1. The van der Waals surface area contributed by atoms with Crippen LogP contribution in [0.25, 0.3) is 33.1 Å². The van der Waals surface area contributed by atoms with Crippen LogP contribution in [0.1, 0.15) is 18.0 Å². The monoisotopic (exact) mass is 425 g/mol. The molecule has 0 amide bonds. The molecule has 1 atom stereocenters. The van der Waals surface area contributed by atoms with Gasteiger partial charge in [-0.3, -0.25) is 4.79 Å². The van der Waals surface area contributed by atoms with Gasteiger partial charge in [-0.1, -0.05) is 11.8 Å². The van der Waals surface area contributed by atoms with Crippen molar-refractivity contribution in [3.8, 4) is 22.9 Å². The first kappa shape index (κ1) is 18.0. The standard InChI is InChI=1S/C19H15N5O3S2/c1-10(29-19-23-22-16(24(19)2)13-6-4-8-27-13)15-20-17(25)14-11(9-28-18(14)21-15)12-5-3-7-26-12/h3-10H,1-2H3,(H,20,21,25). The van der Waals surface area contributed by atoms with Crippen molar-refractivity contribution in [1.82, 2.24) is 24.7 Å². The van der Waals surface area contributed by atoms with Crippen molar-refractivity contribution < 1.29 is 8.83 Å². The molecule has 1 N–H and O–H groups in total. The fourth-order valence-corrected chi connectivity index (χ4v) is 4.83. The summed E-state index contributed by atoms with van der Waals surface area (Å²) in [5.41, 5.74) is 0.575. The zero-order chi connectivity index (χ0) is 20.0. The molecule has 5 aromatic rings. The van der Waals surface area contributed by atoms with Gasteiger partial charge in [0.2, 0.25) is 0 Å². The number of nitrogens with zero attached hydrogens (tertiary/aromatic N) is 4. The Hall–Kier alpha value is -3.11. The molecule has 5 aromatic heterocycles. The molecule has 0 aromatic carbocycles. The Morgan fingerprint density at radius 3 is 2.66 bits per heavy atom. The highest BCUT2D eigenvalue weighted by Gasteiger charge is 2.20. The SMILES string of the molecule is CC(Sc1nnc(-c2ccco2)n1C)c1nc2scc(-c3ccco3)c2c(=O)[nH]1. The maximum Gasteiger partial charge on any atom is 0.260 e. The number of hydrogen-bond acceptors (Lipinski definition) is 8. The van der Waals surface area contributed by atoms with Crippen molar-refractivity contribution in [3.05, 3.63) is 58.4 Å². The predicted octanol–water partition coefficient (Wildman–Crippen LogP) is 4.49. The van der Waals surface area contributed by atoms with Crippen LogP contribution in [0.4, 0.5) is 0 Å². The average Bonchev–Trinajstić information content (AvgIpc) is 3.49. The normalized spacial score (nSPS) is 12.6. The lowest BCUT2D eigenvalue weighted by molar-refractivity contribution is 0.572. The lowest BCUT2D eigenvalue weighted by atomic mass is 10.2. The summed E-state index contributed by atoms with van der Waals surface area (Å²) in [7, 11) is 1.88. The fraction of sp³-hybridized carbons (Fsp3) is 0.158. The van der Waals surface area contributed by atoms with Gasteiger partial charge in [0.15, 0.2) is 16.7 Å². The fourth-order valence-electron chi connectivity index (χ4n) is 3.02. The number of hydrogen-bond donors (Lipinski definition) is 1. The van der Waals surface area contributed by atoms with Crippen LogP contribution in [-0.4, -0.2) is 24.7 Å². The highest BCUT2D eigenvalue weighted by atomic mass is 32.2. The molecule has 0 saturated heterocycles. The molecule has 10 heteroatoms. The second-order valence-electron chi connectivity index (χ2n) is 6.36. The molecule has 0 saturated carbocycles. The van der Waals surface area contributed by atoms with Crippen molar-refractivity contribution in [3.63, 3.8) is 0 Å². The van der Waals surface area contributed by atoms with Crippen LogP contribution in [0.2, 0.25) is 0 Å². The minimum Gasteiger partial charge on any atom is -0.464 e. The van der Waals surface area contributed by atoms with E-state index >= 15 is 0 Å². The van der Waals surface area contributed by atoms with Gasteiger partial charge < -0.3 is 18.4 Å². The van der Waals surface area contributed by atoms with Crippen molar-refractivity contribution in [2.45, 2.75) is 17.3 Å². The molecule has 29 heavy (non-hydrogen) atoms. The van der Waals surface area contributed by atoms with Gasteiger partial charge in [0.1, 0.15) is 16.4 Å². The largest absolute Gasteiger partial charge is 0.464 e. The summed E-state index contributed by atoms with van der Waals surface area (Å²) in [6.45, 7) is 1.97. The van der Waals surface area contributed by atoms with Crippen LogP contribution in [0.15, 0.2) is 61.0 Å². The van der Waals surface area contributed by atoms with Gasteiger partial charge >= 0.3 is 0 Å². The molecule has 0 aliphatic carbocycles. The lowest BCUT2D eigenvalue weighted by Gasteiger charge is -2.10. The molecule has 0 aliphatic heterocycles. The van der Waals surface area contributed by atoms with Gasteiger partial charge in [-0.2, -0.15) is 0 Å². The Morgan fingerprint density at radius 1 is 1.17 bits per heavy atom. The van der Waals surface area contributed by atoms with Crippen molar-refractivity contribution >= 4 is 33.3 Å². The topological polar surface area (TPSA) is 103 Å². The Labute approximate surface area is 172 Å². The third-order valence-corrected chi connectivity index (χ3v) is 6.51. The first-order valence-electron chi connectivity index (χ1n) is 8.77. The van der Waals surface area contributed by atoms with E-state index in [0.717, 1.165) is 5.56 Å².